The molecule has 1 radical (unpaired) electrons. The fraction of sp³-hybridized carbons (Fsp3) is 0.857. The van der Waals surface area contributed by atoms with Gasteiger partial charge in [0, 0.05) is 13.5 Å². The van der Waals surface area contributed by atoms with Gasteiger partial charge in [0.15, 0.2) is 0 Å². The molecule has 1 rings (SSSR count). The van der Waals surface area contributed by atoms with Crippen molar-refractivity contribution >= 4 is 6.47 Å². The van der Waals surface area contributed by atoms with Crippen molar-refractivity contribution in [3.05, 3.63) is 0 Å². The van der Waals surface area contributed by atoms with Crippen LogP contribution in [0.5, 0.6) is 0 Å². The SMILES string of the molecule is COC1CCC(O[C]=O)C1. The average molecular weight is 143 g/mol. The molecule has 57 valence electrons. The highest BCUT2D eigenvalue weighted by atomic mass is 16.5. The Labute approximate surface area is 60.3 Å². The van der Waals surface area contributed by atoms with Crippen LogP contribution in [0.2, 0.25) is 0 Å². The zero-order valence-electron chi connectivity index (χ0n) is 6.00. The highest BCUT2D eigenvalue weighted by Crippen LogP contribution is 2.23. The van der Waals surface area contributed by atoms with Crippen molar-refractivity contribution in [2.75, 3.05) is 7.11 Å². The zero-order valence-corrected chi connectivity index (χ0v) is 6.00. The van der Waals surface area contributed by atoms with Crippen molar-refractivity contribution in [2.45, 2.75) is 31.5 Å². The summed E-state index contributed by atoms with van der Waals surface area (Å²) in [5.41, 5.74) is 0. The van der Waals surface area contributed by atoms with Crippen LogP contribution < -0.4 is 0 Å². The molecule has 0 amide bonds. The maximum atomic E-state index is 9.77. The van der Waals surface area contributed by atoms with Crippen molar-refractivity contribution < 1.29 is 14.3 Å². The van der Waals surface area contributed by atoms with E-state index in [0.717, 1.165) is 19.3 Å². The quantitative estimate of drug-likeness (QED) is 0.581. The van der Waals surface area contributed by atoms with Gasteiger partial charge in [0.25, 0.3) is 0 Å². The fourth-order valence-corrected chi connectivity index (χ4v) is 1.29. The van der Waals surface area contributed by atoms with E-state index in [4.69, 9.17) is 4.74 Å². The number of ether oxygens (including phenoxy) is 2. The first-order valence-electron chi connectivity index (χ1n) is 3.42. The Bertz CT molecular complexity index is 113. The summed E-state index contributed by atoms with van der Waals surface area (Å²) in [5.74, 6) is 0. The first-order chi connectivity index (χ1) is 4.86. The van der Waals surface area contributed by atoms with E-state index in [1.54, 1.807) is 7.11 Å². The van der Waals surface area contributed by atoms with Crippen LogP contribution in [0.15, 0.2) is 0 Å². The molecular weight excluding hydrogens is 132 g/mol. The Kier molecular flexibility index (Phi) is 2.68. The molecule has 0 aromatic rings. The third kappa shape index (κ3) is 1.70. The topological polar surface area (TPSA) is 35.5 Å². The highest BCUT2D eigenvalue weighted by molar-refractivity contribution is 5.38. The van der Waals surface area contributed by atoms with Gasteiger partial charge in [0.05, 0.1) is 6.10 Å². The molecule has 0 aromatic carbocycles. The minimum Gasteiger partial charge on any atom is -0.454 e. The molecule has 0 aliphatic heterocycles. The second kappa shape index (κ2) is 3.56. The molecule has 0 saturated heterocycles. The van der Waals surface area contributed by atoms with Crippen LogP contribution in [0, 0.1) is 0 Å². The molecule has 0 heterocycles. The van der Waals surface area contributed by atoms with Gasteiger partial charge >= 0.3 is 6.47 Å². The molecule has 0 aromatic heterocycles. The van der Waals surface area contributed by atoms with Gasteiger partial charge in [0.2, 0.25) is 0 Å². The van der Waals surface area contributed by atoms with Gasteiger partial charge in [-0.15, -0.1) is 0 Å². The standard InChI is InChI=1S/C7H11O3/c1-9-6-2-3-7(4-6)10-5-8/h6-7H,2-4H2,1H3. The number of rotatable bonds is 3. The predicted octanol–water partition coefficient (Wildman–Crippen LogP) is 0.638. The lowest BCUT2D eigenvalue weighted by atomic mass is 10.3. The summed E-state index contributed by atoms with van der Waals surface area (Å²) in [7, 11) is 1.68. The highest BCUT2D eigenvalue weighted by Gasteiger charge is 2.25. The molecule has 0 N–H and O–H groups in total. The minimum absolute atomic E-state index is 0.0439. The molecule has 3 nitrogen and oxygen atoms in total. The van der Waals surface area contributed by atoms with E-state index in [2.05, 4.69) is 4.74 Å². The molecule has 1 saturated carbocycles. The molecular formula is C7H11O3. The maximum absolute atomic E-state index is 9.77. The Morgan fingerprint density at radius 1 is 1.40 bits per heavy atom. The smallest absolute Gasteiger partial charge is 0.417 e. The summed E-state index contributed by atoms with van der Waals surface area (Å²) in [5, 5.41) is 0. The van der Waals surface area contributed by atoms with Crippen LogP contribution >= 0.6 is 0 Å². The number of hydrogen-bond acceptors (Lipinski definition) is 3. The average Bonchev–Trinajstić information content (AvgIpc) is 2.37. The number of hydrogen-bond donors (Lipinski definition) is 0. The van der Waals surface area contributed by atoms with Gasteiger partial charge in [-0.1, -0.05) is 0 Å². The van der Waals surface area contributed by atoms with Crippen molar-refractivity contribution in [1.82, 2.24) is 0 Å². The minimum atomic E-state index is 0.0439. The molecule has 1 aliphatic rings. The van der Waals surface area contributed by atoms with Gasteiger partial charge in [-0.05, 0) is 12.8 Å². The van der Waals surface area contributed by atoms with Gasteiger partial charge < -0.3 is 9.47 Å². The number of methoxy groups -OCH3 is 1. The summed E-state index contributed by atoms with van der Waals surface area (Å²) >= 11 is 0. The van der Waals surface area contributed by atoms with Gasteiger partial charge in [0.1, 0.15) is 6.10 Å². The van der Waals surface area contributed by atoms with E-state index in [1.165, 1.54) is 6.47 Å². The van der Waals surface area contributed by atoms with Crippen molar-refractivity contribution in [3.63, 3.8) is 0 Å². The second-order valence-electron chi connectivity index (χ2n) is 2.49. The Balaban J connectivity index is 2.21. The monoisotopic (exact) mass is 143 g/mol. The van der Waals surface area contributed by atoms with Crippen LogP contribution in [-0.2, 0) is 14.3 Å². The van der Waals surface area contributed by atoms with E-state index in [0.29, 0.717) is 0 Å². The third-order valence-corrected chi connectivity index (χ3v) is 1.88. The van der Waals surface area contributed by atoms with Crippen molar-refractivity contribution in [1.29, 1.82) is 0 Å². The van der Waals surface area contributed by atoms with E-state index in [1.807, 2.05) is 0 Å². The first-order valence-corrected chi connectivity index (χ1v) is 3.42. The Morgan fingerprint density at radius 2 is 2.10 bits per heavy atom. The second-order valence-corrected chi connectivity index (χ2v) is 2.49. The Hall–Kier alpha value is -0.570. The summed E-state index contributed by atoms with van der Waals surface area (Å²) in [6.07, 6.45) is 3.04. The Morgan fingerprint density at radius 3 is 2.60 bits per heavy atom. The molecule has 3 heteroatoms. The lowest BCUT2D eigenvalue weighted by Crippen LogP contribution is -2.10. The molecule has 2 atom stereocenters. The molecule has 0 bridgehead atoms. The summed E-state index contributed by atoms with van der Waals surface area (Å²) < 4.78 is 9.73. The van der Waals surface area contributed by atoms with Crippen LogP contribution in [0.25, 0.3) is 0 Å². The fourth-order valence-electron chi connectivity index (χ4n) is 1.29. The van der Waals surface area contributed by atoms with Crippen LogP contribution in [0.3, 0.4) is 0 Å². The lowest BCUT2D eigenvalue weighted by molar-refractivity contribution is 0.0915. The predicted molar refractivity (Wildman–Crippen MR) is 35.2 cm³/mol. The van der Waals surface area contributed by atoms with E-state index in [-0.39, 0.29) is 12.2 Å². The summed E-state index contributed by atoms with van der Waals surface area (Å²) in [6.45, 7) is 1.45. The van der Waals surface area contributed by atoms with Gasteiger partial charge in [-0.3, -0.25) is 0 Å². The molecule has 2 unspecified atom stereocenters. The normalized spacial score (nSPS) is 32.1. The maximum Gasteiger partial charge on any atom is 0.417 e. The lowest BCUT2D eigenvalue weighted by Gasteiger charge is -2.06. The van der Waals surface area contributed by atoms with Crippen molar-refractivity contribution in [3.8, 4) is 0 Å². The van der Waals surface area contributed by atoms with Crippen LogP contribution in [-0.4, -0.2) is 25.8 Å². The molecule has 1 fully saturated rings. The summed E-state index contributed by atoms with van der Waals surface area (Å²) in [6, 6.07) is 0. The van der Waals surface area contributed by atoms with Gasteiger partial charge in [-0.2, -0.15) is 0 Å². The molecule has 1 aliphatic carbocycles. The zero-order chi connectivity index (χ0) is 7.40. The van der Waals surface area contributed by atoms with Gasteiger partial charge in [-0.25, -0.2) is 4.79 Å². The number of carbonyl (C=O) groups excluding carboxylic acids is 1. The van der Waals surface area contributed by atoms with E-state index in [9.17, 15) is 4.79 Å². The molecule has 0 spiro atoms. The van der Waals surface area contributed by atoms with E-state index < -0.39 is 0 Å². The van der Waals surface area contributed by atoms with E-state index >= 15 is 0 Å². The first kappa shape index (κ1) is 7.54. The molecule has 10 heavy (non-hydrogen) atoms. The van der Waals surface area contributed by atoms with Crippen LogP contribution in [0.4, 0.5) is 0 Å². The van der Waals surface area contributed by atoms with Crippen molar-refractivity contribution in [2.24, 2.45) is 0 Å². The summed E-state index contributed by atoms with van der Waals surface area (Å²) in [4.78, 5) is 9.77. The third-order valence-electron chi connectivity index (χ3n) is 1.88. The van der Waals surface area contributed by atoms with Crippen LogP contribution in [0.1, 0.15) is 19.3 Å². The largest absolute Gasteiger partial charge is 0.454 e.